The van der Waals surface area contributed by atoms with E-state index in [4.69, 9.17) is 21.1 Å². The number of Topliss-reactive ketones (excluding diaryl/α,β-unsaturated/α-hetero) is 1. The first-order valence-corrected chi connectivity index (χ1v) is 11.3. The molecule has 0 bridgehead atoms. The van der Waals surface area contributed by atoms with Crippen LogP contribution in [0, 0.1) is 0 Å². The van der Waals surface area contributed by atoms with E-state index in [0.29, 0.717) is 29.4 Å². The molecule has 0 saturated heterocycles. The zero-order chi connectivity index (χ0) is 22.9. The fraction of sp³-hybridized carbons (Fsp3) is 0.222. The molecule has 0 fully saturated rings. The van der Waals surface area contributed by atoms with Crippen molar-refractivity contribution in [2.45, 2.75) is 24.8 Å². The smallest absolute Gasteiger partial charge is 0.163 e. The summed E-state index contributed by atoms with van der Waals surface area (Å²) in [5, 5.41) is 7.84. The van der Waals surface area contributed by atoms with Gasteiger partial charge in [-0.15, -0.1) is 0 Å². The predicted molar refractivity (Wildman–Crippen MR) is 131 cm³/mol. The van der Waals surface area contributed by atoms with E-state index in [1.807, 2.05) is 66.7 Å². The maximum Gasteiger partial charge on any atom is 0.163 e. The minimum absolute atomic E-state index is 0.00978. The average molecular weight is 461 g/mol. The van der Waals surface area contributed by atoms with Gasteiger partial charge in [0.1, 0.15) is 11.5 Å². The Labute approximate surface area is 198 Å². The highest BCUT2D eigenvalue weighted by Gasteiger charge is 2.37. The van der Waals surface area contributed by atoms with Crippen LogP contribution < -0.4 is 20.1 Å². The maximum absolute atomic E-state index is 13.7. The molecule has 1 aliphatic carbocycles. The van der Waals surface area contributed by atoms with Gasteiger partial charge in [0.25, 0.3) is 0 Å². The number of hydrogen-bond donors (Lipinski definition) is 2. The minimum atomic E-state index is -0.388. The number of hydrogen-bond acceptors (Lipinski definition) is 5. The average Bonchev–Trinajstić information content (AvgIpc) is 3.00. The zero-order valence-electron chi connectivity index (χ0n) is 18.5. The third kappa shape index (κ3) is 3.93. The molecule has 0 spiro atoms. The molecule has 0 unspecified atom stereocenters. The fourth-order valence-corrected chi connectivity index (χ4v) is 5.11. The summed E-state index contributed by atoms with van der Waals surface area (Å²) in [6.07, 6.45) is 1.08. The molecule has 0 saturated carbocycles. The number of carbonyl (C=O) groups is 1. The maximum atomic E-state index is 13.7. The van der Waals surface area contributed by atoms with Gasteiger partial charge in [-0.2, -0.15) is 0 Å². The summed E-state index contributed by atoms with van der Waals surface area (Å²) < 4.78 is 11.2. The number of ether oxygens (including phenoxy) is 2. The zero-order valence-corrected chi connectivity index (χ0v) is 19.3. The topological polar surface area (TPSA) is 59.6 Å². The monoisotopic (exact) mass is 460 g/mol. The molecule has 0 amide bonds. The van der Waals surface area contributed by atoms with Crippen molar-refractivity contribution in [2.75, 3.05) is 24.9 Å². The standard InChI is InChI=1S/C27H25ClN2O3/c1-32-17-11-12-25(33-2)19(15-17)27-26-23(29-21-9-5-6-10-22(21)30-27)13-16(14-24(26)31)18-7-3-4-8-20(18)28/h3-12,15-16,27,29-30H,13-14H2,1-2H3/t16-,27+/m0/s1. The van der Waals surface area contributed by atoms with E-state index in [-0.39, 0.29) is 17.7 Å². The molecule has 168 valence electrons. The second-order valence-electron chi connectivity index (χ2n) is 8.30. The summed E-state index contributed by atoms with van der Waals surface area (Å²) >= 11 is 6.50. The van der Waals surface area contributed by atoms with Crippen LogP contribution in [0.25, 0.3) is 0 Å². The second-order valence-corrected chi connectivity index (χ2v) is 8.71. The van der Waals surface area contributed by atoms with Gasteiger partial charge >= 0.3 is 0 Å². The quantitative estimate of drug-likeness (QED) is 0.476. The van der Waals surface area contributed by atoms with Crippen molar-refractivity contribution >= 4 is 28.8 Å². The van der Waals surface area contributed by atoms with E-state index in [1.54, 1.807) is 14.2 Å². The number of rotatable bonds is 4. The first-order valence-electron chi connectivity index (χ1n) is 10.9. The number of methoxy groups -OCH3 is 2. The first kappa shape index (κ1) is 21.4. The Morgan fingerprint density at radius 3 is 2.39 bits per heavy atom. The van der Waals surface area contributed by atoms with Gasteiger partial charge in [0.05, 0.1) is 31.6 Å². The number of para-hydroxylation sites is 2. The molecule has 5 rings (SSSR count). The number of ketones is 1. The van der Waals surface area contributed by atoms with E-state index in [9.17, 15) is 4.79 Å². The Hall–Kier alpha value is -3.44. The number of fused-ring (bicyclic) bond motifs is 1. The summed E-state index contributed by atoms with van der Waals surface area (Å²) in [5.74, 6) is 1.50. The normalized spacial score (nSPS) is 19.5. The van der Waals surface area contributed by atoms with Gasteiger partial charge < -0.3 is 20.1 Å². The molecule has 0 aromatic heterocycles. The fourth-order valence-electron chi connectivity index (χ4n) is 4.82. The molecule has 1 heterocycles. The van der Waals surface area contributed by atoms with Crippen molar-refractivity contribution in [3.8, 4) is 11.5 Å². The Balaban J connectivity index is 1.66. The highest BCUT2D eigenvalue weighted by molar-refractivity contribution is 6.31. The van der Waals surface area contributed by atoms with Crippen LogP contribution >= 0.6 is 11.6 Å². The number of anilines is 2. The molecule has 2 aliphatic rings. The van der Waals surface area contributed by atoms with Crippen molar-refractivity contribution in [3.63, 3.8) is 0 Å². The third-order valence-corrected chi connectivity index (χ3v) is 6.75. The molecule has 2 N–H and O–H groups in total. The van der Waals surface area contributed by atoms with Gasteiger partial charge in [-0.25, -0.2) is 0 Å². The lowest BCUT2D eigenvalue weighted by atomic mass is 9.78. The van der Waals surface area contributed by atoms with Gasteiger partial charge in [0.15, 0.2) is 5.78 Å². The number of carbonyl (C=O) groups excluding carboxylic acids is 1. The van der Waals surface area contributed by atoms with E-state index >= 15 is 0 Å². The molecule has 1 aliphatic heterocycles. The van der Waals surface area contributed by atoms with Crippen LogP contribution in [0.4, 0.5) is 11.4 Å². The highest BCUT2D eigenvalue weighted by Crippen LogP contribution is 2.47. The molecule has 0 radical (unpaired) electrons. The summed E-state index contributed by atoms with van der Waals surface area (Å²) in [6, 6.07) is 21.0. The van der Waals surface area contributed by atoms with Crippen molar-refractivity contribution in [1.29, 1.82) is 0 Å². The van der Waals surface area contributed by atoms with Crippen LogP contribution in [-0.2, 0) is 4.79 Å². The van der Waals surface area contributed by atoms with Crippen molar-refractivity contribution in [3.05, 3.63) is 94.1 Å². The van der Waals surface area contributed by atoms with Gasteiger partial charge in [0, 0.05) is 28.3 Å². The van der Waals surface area contributed by atoms with Crippen molar-refractivity contribution < 1.29 is 14.3 Å². The SMILES string of the molecule is COc1ccc(OC)c([C@H]2Nc3ccccc3NC3=C2C(=O)C[C@@H](c2ccccc2Cl)C3)c1. The molecule has 3 aromatic rings. The summed E-state index contributed by atoms with van der Waals surface area (Å²) in [5.41, 5.74) is 5.34. The van der Waals surface area contributed by atoms with Crippen LogP contribution in [0.15, 0.2) is 78.0 Å². The lowest BCUT2D eigenvalue weighted by Crippen LogP contribution is -2.27. The van der Waals surface area contributed by atoms with Gasteiger partial charge in [-0.05, 0) is 54.3 Å². The number of halogens is 1. The molecule has 33 heavy (non-hydrogen) atoms. The highest BCUT2D eigenvalue weighted by atomic mass is 35.5. The van der Waals surface area contributed by atoms with E-state index in [0.717, 1.165) is 33.8 Å². The van der Waals surface area contributed by atoms with E-state index in [2.05, 4.69) is 10.6 Å². The Morgan fingerprint density at radius 1 is 0.879 bits per heavy atom. The molecular weight excluding hydrogens is 436 g/mol. The Morgan fingerprint density at radius 2 is 1.64 bits per heavy atom. The Kier molecular flexibility index (Phi) is 5.73. The van der Waals surface area contributed by atoms with Crippen LogP contribution in [0.3, 0.4) is 0 Å². The van der Waals surface area contributed by atoms with Crippen molar-refractivity contribution in [1.82, 2.24) is 0 Å². The van der Waals surface area contributed by atoms with E-state index in [1.165, 1.54) is 0 Å². The molecule has 5 nitrogen and oxygen atoms in total. The summed E-state index contributed by atoms with van der Waals surface area (Å²) in [4.78, 5) is 13.7. The van der Waals surface area contributed by atoms with Gasteiger partial charge in [0.2, 0.25) is 0 Å². The van der Waals surface area contributed by atoms with Crippen LogP contribution in [0.1, 0.15) is 35.9 Å². The van der Waals surface area contributed by atoms with Crippen molar-refractivity contribution in [2.24, 2.45) is 0 Å². The predicted octanol–water partition coefficient (Wildman–Crippen LogP) is 6.34. The first-order chi connectivity index (χ1) is 16.1. The number of allylic oxidation sites excluding steroid dienone is 1. The molecule has 2 atom stereocenters. The van der Waals surface area contributed by atoms with Crippen LogP contribution in [0.5, 0.6) is 11.5 Å². The summed E-state index contributed by atoms with van der Waals surface area (Å²) in [6.45, 7) is 0. The largest absolute Gasteiger partial charge is 0.497 e. The molecular formula is C27H25ClN2O3. The third-order valence-electron chi connectivity index (χ3n) is 6.40. The Bertz CT molecular complexity index is 1250. The lowest BCUT2D eigenvalue weighted by molar-refractivity contribution is -0.116. The molecule has 3 aromatic carbocycles. The van der Waals surface area contributed by atoms with Gasteiger partial charge in [-0.1, -0.05) is 41.9 Å². The lowest BCUT2D eigenvalue weighted by Gasteiger charge is -2.30. The van der Waals surface area contributed by atoms with E-state index < -0.39 is 0 Å². The summed E-state index contributed by atoms with van der Waals surface area (Å²) in [7, 11) is 3.27. The van der Waals surface area contributed by atoms with Crippen LogP contribution in [-0.4, -0.2) is 20.0 Å². The van der Waals surface area contributed by atoms with Crippen LogP contribution in [0.2, 0.25) is 5.02 Å². The number of benzene rings is 3. The molecule has 6 heteroatoms. The second kappa shape index (κ2) is 8.83. The number of nitrogens with one attached hydrogen (secondary N) is 2. The van der Waals surface area contributed by atoms with Gasteiger partial charge in [-0.3, -0.25) is 4.79 Å². The minimum Gasteiger partial charge on any atom is -0.497 e.